The van der Waals surface area contributed by atoms with E-state index in [-0.39, 0.29) is 22.0 Å². The monoisotopic (exact) mass is 535 g/mol. The van der Waals surface area contributed by atoms with Crippen molar-refractivity contribution < 1.29 is 22.8 Å². The van der Waals surface area contributed by atoms with Crippen LogP contribution in [0.15, 0.2) is 40.5 Å². The normalized spacial score (nSPS) is 18.7. The van der Waals surface area contributed by atoms with Crippen LogP contribution < -0.4 is 5.32 Å². The fourth-order valence-corrected chi connectivity index (χ4v) is 6.18. The number of aromatic nitrogens is 1. The van der Waals surface area contributed by atoms with Crippen molar-refractivity contribution >= 4 is 37.9 Å². The fourth-order valence-electron chi connectivity index (χ4n) is 3.63. The number of anilines is 1. The van der Waals surface area contributed by atoms with E-state index in [0.717, 1.165) is 24.5 Å². The Kier molecular flexibility index (Phi) is 8.73. The van der Waals surface area contributed by atoms with Gasteiger partial charge in [0.05, 0.1) is 23.4 Å². The van der Waals surface area contributed by atoms with Crippen molar-refractivity contribution in [3.63, 3.8) is 0 Å². The summed E-state index contributed by atoms with van der Waals surface area (Å²) in [5.74, 6) is -0.478. The number of oxime groups is 1. The highest BCUT2D eigenvalue weighted by atomic mass is 32.2. The second-order valence-electron chi connectivity index (χ2n) is 9.43. The first-order chi connectivity index (χ1) is 17.2. The average Bonchev–Trinajstić information content (AvgIpc) is 3.43. The molecule has 2 aromatic rings. The Morgan fingerprint density at radius 1 is 1.19 bits per heavy atom. The summed E-state index contributed by atoms with van der Waals surface area (Å²) < 4.78 is 30.4. The molecule has 0 radical (unpaired) electrons. The number of hydrogen-bond donors (Lipinski definition) is 1. The van der Waals surface area contributed by atoms with Crippen molar-refractivity contribution in [1.82, 2.24) is 14.8 Å². The molecule has 2 aliphatic rings. The Bertz CT molecular complexity index is 1170. The van der Waals surface area contributed by atoms with Crippen molar-refractivity contribution in [2.45, 2.75) is 42.1 Å². The molecule has 1 amide bonds. The zero-order valence-electron chi connectivity index (χ0n) is 20.8. The molecular weight excluding hydrogens is 502 g/mol. The van der Waals surface area contributed by atoms with Gasteiger partial charge in [-0.25, -0.2) is 13.4 Å². The van der Waals surface area contributed by atoms with E-state index in [0.29, 0.717) is 43.2 Å². The highest BCUT2D eigenvalue weighted by Crippen LogP contribution is 2.33. The Labute approximate surface area is 216 Å². The van der Waals surface area contributed by atoms with Crippen molar-refractivity contribution in [3.05, 3.63) is 40.9 Å². The molecule has 1 aromatic heterocycles. The summed E-state index contributed by atoms with van der Waals surface area (Å²) in [5, 5.41) is 7.12. The summed E-state index contributed by atoms with van der Waals surface area (Å²) in [6.45, 7) is 3.59. The number of ether oxygens (including phenoxy) is 1. The lowest BCUT2D eigenvalue weighted by molar-refractivity contribution is -0.110. The van der Waals surface area contributed by atoms with E-state index in [4.69, 9.17) is 9.57 Å². The average molecular weight is 536 g/mol. The highest BCUT2D eigenvalue weighted by molar-refractivity contribution is 7.92. The Morgan fingerprint density at radius 3 is 2.58 bits per heavy atom. The van der Waals surface area contributed by atoms with Gasteiger partial charge in [0, 0.05) is 42.7 Å². The topological polar surface area (TPSA) is 113 Å². The van der Waals surface area contributed by atoms with Crippen LogP contribution in [0.4, 0.5) is 5.13 Å². The number of carbonyl (C=O) groups is 1. The Morgan fingerprint density at radius 2 is 1.94 bits per heavy atom. The predicted octanol–water partition coefficient (Wildman–Crippen LogP) is 2.22. The number of carbonyl (C=O) groups excluding carboxylic acids is 1. The predicted molar refractivity (Wildman–Crippen MR) is 139 cm³/mol. The first kappa shape index (κ1) is 26.7. The third kappa shape index (κ3) is 7.10. The summed E-state index contributed by atoms with van der Waals surface area (Å²) in [4.78, 5) is 28.7. The lowest BCUT2D eigenvalue weighted by atomic mass is 10.1. The zero-order chi connectivity index (χ0) is 25.7. The SMILES string of the molecule is CN(C)CCN(C)Cc1cnc(NC(=O)C(=NO[C@@H]2CCOC2)c2ccc(S(=O)(=O)C3CC3)cc2)s1. The summed E-state index contributed by atoms with van der Waals surface area (Å²) in [6, 6.07) is 6.23. The maximum Gasteiger partial charge on any atom is 0.280 e. The van der Waals surface area contributed by atoms with E-state index in [9.17, 15) is 13.2 Å². The molecule has 0 bridgehead atoms. The lowest BCUT2D eigenvalue weighted by Gasteiger charge is -2.18. The minimum Gasteiger partial charge on any atom is -0.389 e. The zero-order valence-corrected chi connectivity index (χ0v) is 22.5. The number of likely N-dealkylation sites (N-methyl/N-ethyl adjacent to an activating group) is 2. The van der Waals surface area contributed by atoms with Crippen LogP contribution in [0.5, 0.6) is 0 Å². The van der Waals surface area contributed by atoms with E-state index >= 15 is 0 Å². The second-order valence-corrected chi connectivity index (χ2v) is 12.8. The van der Waals surface area contributed by atoms with Crippen molar-refractivity contribution in [2.75, 3.05) is 52.8 Å². The minimum atomic E-state index is -3.32. The van der Waals surface area contributed by atoms with E-state index in [1.54, 1.807) is 18.3 Å². The van der Waals surface area contributed by atoms with Crippen LogP contribution in [0.25, 0.3) is 0 Å². The van der Waals surface area contributed by atoms with Crippen LogP contribution >= 0.6 is 11.3 Å². The maximum absolute atomic E-state index is 13.2. The van der Waals surface area contributed by atoms with E-state index in [1.165, 1.54) is 23.5 Å². The van der Waals surface area contributed by atoms with Gasteiger partial charge in [0.15, 0.2) is 26.8 Å². The van der Waals surface area contributed by atoms with Gasteiger partial charge in [-0.3, -0.25) is 15.0 Å². The van der Waals surface area contributed by atoms with Crippen LogP contribution in [0.2, 0.25) is 0 Å². The third-order valence-corrected chi connectivity index (χ3v) is 9.12. The first-order valence-electron chi connectivity index (χ1n) is 12.0. The van der Waals surface area contributed by atoms with E-state index in [2.05, 4.69) is 25.3 Å². The molecule has 1 aliphatic carbocycles. The summed E-state index contributed by atoms with van der Waals surface area (Å²) in [7, 11) is 2.80. The van der Waals surface area contributed by atoms with Crippen molar-refractivity contribution in [1.29, 1.82) is 0 Å². The van der Waals surface area contributed by atoms with Gasteiger partial charge in [0.2, 0.25) is 0 Å². The van der Waals surface area contributed by atoms with Gasteiger partial charge in [-0.15, -0.1) is 11.3 Å². The van der Waals surface area contributed by atoms with Gasteiger partial charge in [-0.05, 0) is 46.1 Å². The van der Waals surface area contributed by atoms with Gasteiger partial charge in [0.25, 0.3) is 5.91 Å². The largest absolute Gasteiger partial charge is 0.389 e. The van der Waals surface area contributed by atoms with Gasteiger partial charge < -0.3 is 14.5 Å². The first-order valence-corrected chi connectivity index (χ1v) is 14.3. The molecule has 196 valence electrons. The van der Waals surface area contributed by atoms with Crippen LogP contribution in [0, 0.1) is 0 Å². The fraction of sp³-hybridized carbons (Fsp3) is 0.542. The molecule has 1 aliphatic heterocycles. The van der Waals surface area contributed by atoms with Crippen LogP contribution in [-0.2, 0) is 30.8 Å². The summed E-state index contributed by atoms with van der Waals surface area (Å²) >= 11 is 1.40. The number of hydrogen-bond acceptors (Lipinski definition) is 10. The molecule has 4 rings (SSSR count). The molecule has 1 atom stereocenters. The van der Waals surface area contributed by atoms with Crippen LogP contribution in [0.1, 0.15) is 29.7 Å². The van der Waals surface area contributed by atoms with Crippen molar-refractivity contribution in [2.24, 2.45) is 5.16 Å². The van der Waals surface area contributed by atoms with Crippen LogP contribution in [0.3, 0.4) is 0 Å². The number of benzene rings is 1. The lowest BCUT2D eigenvalue weighted by Crippen LogP contribution is -2.28. The van der Waals surface area contributed by atoms with Crippen LogP contribution in [-0.4, -0.2) is 93.6 Å². The third-order valence-electron chi connectivity index (χ3n) is 5.94. The molecular formula is C24H33N5O5S2. The van der Waals surface area contributed by atoms with Crippen molar-refractivity contribution in [3.8, 4) is 0 Å². The maximum atomic E-state index is 13.2. The number of amides is 1. The molecule has 36 heavy (non-hydrogen) atoms. The number of thiazole rings is 1. The van der Waals surface area contributed by atoms with Gasteiger partial charge in [0.1, 0.15) is 0 Å². The number of nitrogens with zero attached hydrogens (tertiary/aromatic N) is 4. The van der Waals surface area contributed by atoms with E-state index in [1.807, 2.05) is 21.1 Å². The van der Waals surface area contributed by atoms with E-state index < -0.39 is 15.7 Å². The molecule has 1 saturated heterocycles. The summed E-state index contributed by atoms with van der Waals surface area (Å²) in [6.07, 6.45) is 3.60. The highest BCUT2D eigenvalue weighted by Gasteiger charge is 2.36. The number of nitrogens with one attached hydrogen (secondary N) is 1. The molecule has 1 saturated carbocycles. The van der Waals surface area contributed by atoms with Gasteiger partial charge in [-0.1, -0.05) is 17.3 Å². The molecule has 10 nitrogen and oxygen atoms in total. The molecule has 0 unspecified atom stereocenters. The Hall–Kier alpha value is -2.38. The van der Waals surface area contributed by atoms with Gasteiger partial charge in [-0.2, -0.15) is 0 Å². The molecule has 0 spiro atoms. The molecule has 1 N–H and O–H groups in total. The number of rotatable bonds is 12. The summed E-state index contributed by atoms with van der Waals surface area (Å²) in [5.41, 5.74) is 0.512. The standard InChI is InChI=1S/C24H33N5O5S2/c1-28(2)11-12-29(3)15-19-14-25-24(35-19)26-23(30)22(27-34-18-10-13-33-16-18)17-4-6-20(7-5-17)36(31,32)21-8-9-21/h4-7,14,18,21H,8-13,15-16H2,1-3H3,(H,25,26,30)/t18-/m1/s1. The molecule has 2 fully saturated rings. The molecule has 12 heteroatoms. The smallest absolute Gasteiger partial charge is 0.280 e. The number of sulfone groups is 1. The second kappa shape index (κ2) is 11.8. The molecule has 1 aromatic carbocycles. The minimum absolute atomic E-state index is 0.0529. The molecule has 2 heterocycles. The quantitative estimate of drug-likeness (QED) is 0.325. The Balaban J connectivity index is 1.47. The van der Waals surface area contributed by atoms with Gasteiger partial charge >= 0.3 is 0 Å².